The minimum atomic E-state index is 0.0238. The van der Waals surface area contributed by atoms with Crippen LogP contribution in [0.25, 0.3) is 0 Å². The topological polar surface area (TPSA) is 64.9 Å². The third kappa shape index (κ3) is 9.01. The summed E-state index contributed by atoms with van der Waals surface area (Å²) in [5.41, 5.74) is 0. The van der Waals surface area contributed by atoms with Gasteiger partial charge < -0.3 is 10.6 Å². The SMILES string of the molecule is CC(C)CNC(=O)CNCCCC#N. The standard InChI is InChI=1S/C10H19N3O/c1-9(2)7-13-10(14)8-12-6-4-3-5-11/h9,12H,3-4,6-8H2,1-2H3,(H,13,14). The summed E-state index contributed by atoms with van der Waals surface area (Å²) in [6, 6.07) is 2.06. The molecule has 0 unspecified atom stereocenters. The van der Waals surface area contributed by atoms with Crippen molar-refractivity contribution < 1.29 is 4.79 Å². The van der Waals surface area contributed by atoms with Crippen molar-refractivity contribution in [1.29, 1.82) is 5.26 Å². The third-order valence-electron chi connectivity index (χ3n) is 1.64. The average Bonchev–Trinajstić information content (AvgIpc) is 2.14. The van der Waals surface area contributed by atoms with Gasteiger partial charge in [-0.15, -0.1) is 0 Å². The lowest BCUT2D eigenvalue weighted by molar-refractivity contribution is -0.120. The van der Waals surface area contributed by atoms with E-state index in [-0.39, 0.29) is 5.91 Å². The predicted molar refractivity (Wildman–Crippen MR) is 55.6 cm³/mol. The number of rotatable bonds is 7. The molecule has 0 saturated heterocycles. The Morgan fingerprint density at radius 3 is 2.79 bits per heavy atom. The minimum absolute atomic E-state index is 0.0238. The van der Waals surface area contributed by atoms with Gasteiger partial charge in [0.2, 0.25) is 5.91 Å². The molecule has 0 atom stereocenters. The first-order valence-corrected chi connectivity index (χ1v) is 5.01. The van der Waals surface area contributed by atoms with Crippen LogP contribution >= 0.6 is 0 Å². The molecule has 0 aromatic rings. The van der Waals surface area contributed by atoms with Gasteiger partial charge in [-0.3, -0.25) is 4.79 Å². The minimum Gasteiger partial charge on any atom is -0.355 e. The van der Waals surface area contributed by atoms with Crippen LogP contribution < -0.4 is 10.6 Å². The maximum absolute atomic E-state index is 11.1. The van der Waals surface area contributed by atoms with E-state index in [9.17, 15) is 4.79 Å². The molecule has 0 saturated carbocycles. The molecule has 0 aliphatic carbocycles. The summed E-state index contributed by atoms with van der Waals surface area (Å²) in [4.78, 5) is 11.1. The number of unbranched alkanes of at least 4 members (excludes halogenated alkanes) is 1. The highest BCUT2D eigenvalue weighted by Gasteiger charge is 2.00. The Kier molecular flexibility index (Phi) is 7.86. The van der Waals surface area contributed by atoms with Crippen LogP contribution in [0.4, 0.5) is 0 Å². The van der Waals surface area contributed by atoms with Crippen molar-refractivity contribution in [3.63, 3.8) is 0 Å². The molecule has 4 nitrogen and oxygen atoms in total. The van der Waals surface area contributed by atoms with Crippen molar-refractivity contribution in [3.05, 3.63) is 0 Å². The fourth-order valence-corrected chi connectivity index (χ4v) is 0.875. The van der Waals surface area contributed by atoms with Crippen molar-refractivity contribution in [2.75, 3.05) is 19.6 Å². The highest BCUT2D eigenvalue weighted by molar-refractivity contribution is 5.77. The molecule has 14 heavy (non-hydrogen) atoms. The van der Waals surface area contributed by atoms with E-state index in [1.807, 2.05) is 0 Å². The molecule has 0 aromatic heterocycles. The molecular formula is C10H19N3O. The van der Waals surface area contributed by atoms with Gasteiger partial charge >= 0.3 is 0 Å². The van der Waals surface area contributed by atoms with Crippen LogP contribution in [0, 0.1) is 17.2 Å². The molecule has 2 N–H and O–H groups in total. The number of nitriles is 1. The van der Waals surface area contributed by atoms with Gasteiger partial charge in [0.25, 0.3) is 0 Å². The largest absolute Gasteiger partial charge is 0.355 e. The Hall–Kier alpha value is -1.08. The molecule has 0 spiro atoms. The zero-order valence-corrected chi connectivity index (χ0v) is 8.97. The molecular weight excluding hydrogens is 178 g/mol. The van der Waals surface area contributed by atoms with Crippen molar-refractivity contribution in [2.45, 2.75) is 26.7 Å². The smallest absolute Gasteiger partial charge is 0.233 e. The molecule has 0 aliphatic rings. The Morgan fingerprint density at radius 2 is 2.21 bits per heavy atom. The Bertz CT molecular complexity index is 196. The molecule has 0 rings (SSSR count). The number of carbonyl (C=O) groups excluding carboxylic acids is 1. The normalized spacial score (nSPS) is 9.86. The average molecular weight is 197 g/mol. The summed E-state index contributed by atoms with van der Waals surface area (Å²) in [6.45, 7) is 5.90. The molecule has 0 aliphatic heterocycles. The van der Waals surface area contributed by atoms with Gasteiger partial charge in [0.15, 0.2) is 0 Å². The molecule has 80 valence electrons. The zero-order chi connectivity index (χ0) is 10.8. The van der Waals surface area contributed by atoms with Crippen LogP contribution in [-0.4, -0.2) is 25.5 Å². The van der Waals surface area contributed by atoms with E-state index < -0.39 is 0 Å². The van der Waals surface area contributed by atoms with Gasteiger partial charge in [0.1, 0.15) is 0 Å². The second-order valence-corrected chi connectivity index (χ2v) is 3.64. The maximum atomic E-state index is 11.1. The third-order valence-corrected chi connectivity index (χ3v) is 1.64. The first-order valence-electron chi connectivity index (χ1n) is 5.01. The number of amides is 1. The zero-order valence-electron chi connectivity index (χ0n) is 8.97. The number of hydrogen-bond acceptors (Lipinski definition) is 3. The fourth-order valence-electron chi connectivity index (χ4n) is 0.875. The van der Waals surface area contributed by atoms with Crippen LogP contribution in [0.1, 0.15) is 26.7 Å². The van der Waals surface area contributed by atoms with Crippen LogP contribution in [-0.2, 0) is 4.79 Å². The van der Waals surface area contributed by atoms with E-state index in [0.717, 1.165) is 19.5 Å². The Labute approximate surface area is 85.7 Å². The van der Waals surface area contributed by atoms with Crippen molar-refractivity contribution in [3.8, 4) is 6.07 Å². The van der Waals surface area contributed by atoms with Gasteiger partial charge in [-0.25, -0.2) is 0 Å². The van der Waals surface area contributed by atoms with E-state index in [1.54, 1.807) is 0 Å². The monoisotopic (exact) mass is 197 g/mol. The predicted octanol–water partition coefficient (Wildman–Crippen LogP) is 0.652. The molecule has 0 radical (unpaired) electrons. The van der Waals surface area contributed by atoms with E-state index in [2.05, 4.69) is 30.6 Å². The van der Waals surface area contributed by atoms with E-state index >= 15 is 0 Å². The van der Waals surface area contributed by atoms with E-state index in [4.69, 9.17) is 5.26 Å². The van der Waals surface area contributed by atoms with E-state index in [1.165, 1.54) is 0 Å². The Morgan fingerprint density at radius 1 is 1.50 bits per heavy atom. The van der Waals surface area contributed by atoms with Crippen molar-refractivity contribution >= 4 is 5.91 Å². The lowest BCUT2D eigenvalue weighted by Gasteiger charge is -2.07. The summed E-state index contributed by atoms with van der Waals surface area (Å²) in [5, 5.41) is 14.1. The van der Waals surface area contributed by atoms with Crippen LogP contribution in [0.3, 0.4) is 0 Å². The lowest BCUT2D eigenvalue weighted by atomic mass is 10.2. The van der Waals surface area contributed by atoms with Crippen molar-refractivity contribution in [1.82, 2.24) is 10.6 Å². The van der Waals surface area contributed by atoms with Gasteiger partial charge in [0, 0.05) is 13.0 Å². The number of carbonyl (C=O) groups is 1. The summed E-state index contributed by atoms with van der Waals surface area (Å²) >= 11 is 0. The first kappa shape index (κ1) is 12.9. The fraction of sp³-hybridized carbons (Fsp3) is 0.800. The molecule has 0 aromatic carbocycles. The maximum Gasteiger partial charge on any atom is 0.233 e. The molecule has 0 fully saturated rings. The summed E-state index contributed by atoms with van der Waals surface area (Å²) in [6.07, 6.45) is 1.34. The second kappa shape index (κ2) is 8.52. The quantitative estimate of drug-likeness (QED) is 0.589. The van der Waals surface area contributed by atoms with Gasteiger partial charge in [0.05, 0.1) is 12.6 Å². The molecule has 0 heterocycles. The number of hydrogen-bond donors (Lipinski definition) is 2. The van der Waals surface area contributed by atoms with Crippen molar-refractivity contribution in [2.24, 2.45) is 5.92 Å². The molecule has 4 heteroatoms. The van der Waals surface area contributed by atoms with Crippen LogP contribution in [0.2, 0.25) is 0 Å². The molecule has 0 bridgehead atoms. The summed E-state index contributed by atoms with van der Waals surface area (Å²) in [5.74, 6) is 0.508. The number of nitrogens with one attached hydrogen (secondary N) is 2. The van der Waals surface area contributed by atoms with E-state index in [0.29, 0.717) is 18.9 Å². The highest BCUT2D eigenvalue weighted by atomic mass is 16.1. The van der Waals surface area contributed by atoms with Gasteiger partial charge in [-0.05, 0) is 18.9 Å². The van der Waals surface area contributed by atoms with Gasteiger partial charge in [-0.2, -0.15) is 5.26 Å². The summed E-state index contributed by atoms with van der Waals surface area (Å²) < 4.78 is 0. The second-order valence-electron chi connectivity index (χ2n) is 3.64. The lowest BCUT2D eigenvalue weighted by Crippen LogP contribution is -2.36. The highest BCUT2D eigenvalue weighted by Crippen LogP contribution is 1.86. The molecule has 1 amide bonds. The Balaban J connectivity index is 3.24. The van der Waals surface area contributed by atoms with Gasteiger partial charge in [-0.1, -0.05) is 13.8 Å². The number of nitrogens with zero attached hydrogens (tertiary/aromatic N) is 1. The van der Waals surface area contributed by atoms with Crippen LogP contribution in [0.15, 0.2) is 0 Å². The first-order chi connectivity index (χ1) is 6.66. The van der Waals surface area contributed by atoms with Crippen LogP contribution in [0.5, 0.6) is 0 Å². The summed E-state index contributed by atoms with van der Waals surface area (Å²) in [7, 11) is 0.